The van der Waals surface area contributed by atoms with Gasteiger partial charge in [0, 0.05) is 12.3 Å². The normalized spacial score (nSPS) is 24.3. The standard InChI is InChI=1S/C17H21NO/c1-11-14(7-8-18-11)16-15-6-5-13(19-4)9-12(15)10-17(16,2)3/h5-6,9H,7-8,10H2,1-4H3/b16-14-. The molecule has 0 aromatic heterocycles. The van der Waals surface area contributed by atoms with Crippen LogP contribution in [0, 0.1) is 5.41 Å². The molecule has 0 atom stereocenters. The summed E-state index contributed by atoms with van der Waals surface area (Å²) in [5, 5.41) is 0. The van der Waals surface area contributed by atoms with Crippen molar-refractivity contribution in [3.63, 3.8) is 0 Å². The molecule has 19 heavy (non-hydrogen) atoms. The van der Waals surface area contributed by atoms with Gasteiger partial charge in [0.15, 0.2) is 0 Å². The third-order valence-corrected chi connectivity index (χ3v) is 4.34. The summed E-state index contributed by atoms with van der Waals surface area (Å²) in [5.41, 5.74) is 7.21. The molecule has 0 spiro atoms. The van der Waals surface area contributed by atoms with E-state index in [1.165, 1.54) is 28.0 Å². The quantitative estimate of drug-likeness (QED) is 0.746. The molecule has 0 unspecified atom stereocenters. The van der Waals surface area contributed by atoms with Crippen molar-refractivity contribution in [2.24, 2.45) is 10.4 Å². The highest BCUT2D eigenvalue weighted by atomic mass is 16.5. The van der Waals surface area contributed by atoms with Crippen LogP contribution in [0.2, 0.25) is 0 Å². The zero-order valence-electron chi connectivity index (χ0n) is 12.2. The molecular formula is C17H21NO. The van der Waals surface area contributed by atoms with E-state index in [1.807, 2.05) is 0 Å². The Labute approximate surface area is 115 Å². The number of ether oxygens (including phenoxy) is 1. The highest BCUT2D eigenvalue weighted by molar-refractivity contribution is 6.07. The van der Waals surface area contributed by atoms with Crippen LogP contribution in [0.4, 0.5) is 0 Å². The molecule has 2 heteroatoms. The Morgan fingerprint density at radius 2 is 2.05 bits per heavy atom. The molecule has 0 amide bonds. The maximum atomic E-state index is 5.35. The lowest BCUT2D eigenvalue weighted by Gasteiger charge is -2.23. The maximum absolute atomic E-state index is 5.35. The minimum atomic E-state index is 0.200. The SMILES string of the molecule is COc1ccc2c(c1)CC(C)(C)/C2=C1/CCN=C1C. The number of hydrogen-bond acceptors (Lipinski definition) is 2. The summed E-state index contributed by atoms with van der Waals surface area (Å²) in [6.07, 6.45) is 2.18. The summed E-state index contributed by atoms with van der Waals surface area (Å²) in [7, 11) is 1.73. The van der Waals surface area contributed by atoms with Crippen LogP contribution in [0.1, 0.15) is 38.3 Å². The van der Waals surface area contributed by atoms with Crippen LogP contribution in [0.15, 0.2) is 28.8 Å². The summed E-state index contributed by atoms with van der Waals surface area (Å²) in [4.78, 5) is 4.57. The Morgan fingerprint density at radius 1 is 1.26 bits per heavy atom. The third kappa shape index (κ3) is 1.90. The van der Waals surface area contributed by atoms with Gasteiger partial charge in [-0.1, -0.05) is 19.9 Å². The number of fused-ring (bicyclic) bond motifs is 1. The fourth-order valence-corrected chi connectivity index (χ4v) is 3.50. The number of methoxy groups -OCH3 is 1. The van der Waals surface area contributed by atoms with Gasteiger partial charge in [-0.05, 0) is 59.6 Å². The summed E-state index contributed by atoms with van der Waals surface area (Å²) < 4.78 is 5.35. The fraction of sp³-hybridized carbons (Fsp3) is 0.471. The number of nitrogens with zero attached hydrogens (tertiary/aromatic N) is 1. The Morgan fingerprint density at radius 3 is 2.68 bits per heavy atom. The molecule has 2 aliphatic rings. The molecule has 0 saturated carbocycles. The predicted molar refractivity (Wildman–Crippen MR) is 80.0 cm³/mol. The molecule has 0 saturated heterocycles. The van der Waals surface area contributed by atoms with E-state index in [0.29, 0.717) is 0 Å². The minimum Gasteiger partial charge on any atom is -0.497 e. The van der Waals surface area contributed by atoms with Crippen LogP contribution in [0.3, 0.4) is 0 Å². The zero-order valence-corrected chi connectivity index (χ0v) is 12.2. The molecule has 100 valence electrons. The van der Waals surface area contributed by atoms with Crippen molar-refractivity contribution in [2.45, 2.75) is 33.6 Å². The van der Waals surface area contributed by atoms with E-state index in [4.69, 9.17) is 4.74 Å². The molecule has 0 bridgehead atoms. The van der Waals surface area contributed by atoms with Gasteiger partial charge >= 0.3 is 0 Å². The van der Waals surface area contributed by atoms with Crippen LogP contribution >= 0.6 is 0 Å². The average Bonchev–Trinajstić information content (AvgIpc) is 2.87. The number of aliphatic imine (C=N–C) groups is 1. The van der Waals surface area contributed by atoms with Gasteiger partial charge in [-0.2, -0.15) is 0 Å². The molecular weight excluding hydrogens is 234 g/mol. The summed E-state index contributed by atoms with van der Waals surface area (Å²) in [5.74, 6) is 0.956. The molecule has 1 aromatic carbocycles. The number of rotatable bonds is 1. The highest BCUT2D eigenvalue weighted by Crippen LogP contribution is 2.49. The van der Waals surface area contributed by atoms with Crippen LogP contribution in [-0.4, -0.2) is 19.4 Å². The fourth-order valence-electron chi connectivity index (χ4n) is 3.50. The second-order valence-electron chi connectivity index (χ2n) is 6.15. The van der Waals surface area contributed by atoms with E-state index in [1.54, 1.807) is 7.11 Å². The second-order valence-corrected chi connectivity index (χ2v) is 6.15. The number of hydrogen-bond donors (Lipinski definition) is 0. The second kappa shape index (κ2) is 4.22. The van der Waals surface area contributed by atoms with Crippen LogP contribution in [0.5, 0.6) is 5.75 Å². The summed E-state index contributed by atoms with van der Waals surface area (Å²) in [6, 6.07) is 6.48. The lowest BCUT2D eigenvalue weighted by molar-refractivity contribution is 0.414. The van der Waals surface area contributed by atoms with Crippen molar-refractivity contribution in [2.75, 3.05) is 13.7 Å². The van der Waals surface area contributed by atoms with Crippen molar-refractivity contribution >= 4 is 11.3 Å². The van der Waals surface area contributed by atoms with Crippen molar-refractivity contribution < 1.29 is 4.74 Å². The number of benzene rings is 1. The maximum Gasteiger partial charge on any atom is 0.119 e. The lowest BCUT2D eigenvalue weighted by atomic mass is 9.81. The van der Waals surface area contributed by atoms with E-state index in [2.05, 4.69) is 44.0 Å². The van der Waals surface area contributed by atoms with Crippen LogP contribution < -0.4 is 4.74 Å². The topological polar surface area (TPSA) is 21.6 Å². The van der Waals surface area contributed by atoms with Gasteiger partial charge in [0.2, 0.25) is 0 Å². The van der Waals surface area contributed by atoms with Gasteiger partial charge in [0.1, 0.15) is 5.75 Å². The van der Waals surface area contributed by atoms with E-state index < -0.39 is 0 Å². The van der Waals surface area contributed by atoms with Crippen molar-refractivity contribution in [1.82, 2.24) is 0 Å². The summed E-state index contributed by atoms with van der Waals surface area (Å²) >= 11 is 0. The minimum absolute atomic E-state index is 0.200. The molecule has 1 aromatic rings. The van der Waals surface area contributed by atoms with Gasteiger partial charge in [0.05, 0.1) is 7.11 Å². The van der Waals surface area contributed by atoms with E-state index in [0.717, 1.165) is 25.1 Å². The van der Waals surface area contributed by atoms with Crippen molar-refractivity contribution in [3.8, 4) is 5.75 Å². The van der Waals surface area contributed by atoms with Crippen LogP contribution in [-0.2, 0) is 6.42 Å². The first-order valence-corrected chi connectivity index (χ1v) is 6.95. The molecule has 0 radical (unpaired) electrons. The number of allylic oxidation sites excluding steroid dienone is 1. The van der Waals surface area contributed by atoms with Gasteiger partial charge in [-0.3, -0.25) is 4.99 Å². The highest BCUT2D eigenvalue weighted by Gasteiger charge is 2.37. The monoisotopic (exact) mass is 255 g/mol. The van der Waals surface area contributed by atoms with E-state index in [-0.39, 0.29) is 5.41 Å². The molecule has 1 heterocycles. The first-order valence-electron chi connectivity index (χ1n) is 6.95. The molecule has 0 fully saturated rings. The van der Waals surface area contributed by atoms with Gasteiger partial charge in [-0.25, -0.2) is 0 Å². The molecule has 1 aliphatic heterocycles. The Kier molecular flexibility index (Phi) is 2.77. The zero-order chi connectivity index (χ0) is 13.6. The van der Waals surface area contributed by atoms with E-state index in [9.17, 15) is 0 Å². The average molecular weight is 255 g/mol. The molecule has 2 nitrogen and oxygen atoms in total. The predicted octanol–water partition coefficient (Wildman–Crippen LogP) is 3.90. The molecule has 0 N–H and O–H groups in total. The van der Waals surface area contributed by atoms with Crippen molar-refractivity contribution in [1.29, 1.82) is 0 Å². The molecule has 1 aliphatic carbocycles. The van der Waals surface area contributed by atoms with E-state index >= 15 is 0 Å². The smallest absolute Gasteiger partial charge is 0.119 e. The van der Waals surface area contributed by atoms with Gasteiger partial charge < -0.3 is 4.74 Å². The Hall–Kier alpha value is -1.57. The Balaban J connectivity index is 2.19. The first kappa shape index (κ1) is 12.5. The molecule has 3 rings (SSSR count). The Bertz CT molecular complexity index is 593. The van der Waals surface area contributed by atoms with Gasteiger partial charge in [-0.15, -0.1) is 0 Å². The van der Waals surface area contributed by atoms with Crippen LogP contribution in [0.25, 0.3) is 5.57 Å². The largest absolute Gasteiger partial charge is 0.497 e. The van der Waals surface area contributed by atoms with Crippen molar-refractivity contribution in [3.05, 3.63) is 34.9 Å². The lowest BCUT2D eigenvalue weighted by Crippen LogP contribution is -2.13. The van der Waals surface area contributed by atoms with Gasteiger partial charge in [0.25, 0.3) is 0 Å². The third-order valence-electron chi connectivity index (χ3n) is 4.34. The first-order chi connectivity index (χ1) is 9.03. The summed E-state index contributed by atoms with van der Waals surface area (Å²) in [6.45, 7) is 7.78.